The molecule has 7 heteroatoms. The van der Waals surface area contributed by atoms with Gasteiger partial charge in [0, 0.05) is 13.2 Å². The normalized spacial score (nSPS) is 19.1. The molecule has 2 rings (SSSR count). The molecule has 0 aromatic carbocycles. The van der Waals surface area contributed by atoms with E-state index in [9.17, 15) is 9.59 Å². The van der Waals surface area contributed by atoms with E-state index in [2.05, 4.69) is 15.3 Å². The van der Waals surface area contributed by atoms with Gasteiger partial charge in [-0.15, -0.1) is 0 Å². The number of H-pyrrole nitrogens is 1. The Hall–Kier alpha value is -1.89. The number of rotatable bonds is 5. The van der Waals surface area contributed by atoms with E-state index in [1.54, 1.807) is 0 Å². The van der Waals surface area contributed by atoms with Crippen LogP contribution in [0.1, 0.15) is 46.7 Å². The number of ether oxygens (including phenoxy) is 1. The summed E-state index contributed by atoms with van der Waals surface area (Å²) in [6.45, 7) is 1.23. The van der Waals surface area contributed by atoms with Crippen molar-refractivity contribution in [3.8, 4) is 0 Å². The summed E-state index contributed by atoms with van der Waals surface area (Å²) in [5.41, 5.74) is -0.275. The van der Waals surface area contributed by atoms with Gasteiger partial charge in [-0.25, -0.2) is 9.78 Å². The predicted molar refractivity (Wildman–Crippen MR) is 66.1 cm³/mol. The number of carboxylic acid groups (broad SMARTS) is 1. The smallest absolute Gasteiger partial charge is 0.354 e. The molecule has 1 aliphatic rings. The number of imidazole rings is 1. The van der Waals surface area contributed by atoms with E-state index in [4.69, 9.17) is 9.84 Å². The average Bonchev–Trinajstić information content (AvgIpc) is 2.89. The van der Waals surface area contributed by atoms with Gasteiger partial charge in [-0.1, -0.05) is 0 Å². The van der Waals surface area contributed by atoms with E-state index < -0.39 is 11.9 Å². The highest BCUT2D eigenvalue weighted by molar-refractivity contribution is 6.02. The molecule has 0 aliphatic carbocycles. The highest BCUT2D eigenvalue weighted by Crippen LogP contribution is 2.14. The molecule has 3 N–H and O–H groups in total. The van der Waals surface area contributed by atoms with Crippen molar-refractivity contribution in [2.24, 2.45) is 0 Å². The number of amides is 1. The summed E-state index contributed by atoms with van der Waals surface area (Å²) in [6, 6.07) is 0. The molecule has 1 aliphatic heterocycles. The lowest BCUT2D eigenvalue weighted by Gasteiger charge is -2.22. The Bertz CT molecular complexity index is 452. The number of nitrogens with zero attached hydrogens (tertiary/aromatic N) is 1. The van der Waals surface area contributed by atoms with Gasteiger partial charge in [0.15, 0.2) is 11.4 Å². The Morgan fingerprint density at radius 2 is 2.37 bits per heavy atom. The third-order valence-electron chi connectivity index (χ3n) is 3.09. The second-order valence-corrected chi connectivity index (χ2v) is 4.46. The fourth-order valence-electron chi connectivity index (χ4n) is 2.09. The van der Waals surface area contributed by atoms with Gasteiger partial charge >= 0.3 is 5.97 Å². The second kappa shape index (κ2) is 6.33. The Morgan fingerprint density at radius 3 is 3.05 bits per heavy atom. The quantitative estimate of drug-likeness (QED) is 0.731. The van der Waals surface area contributed by atoms with E-state index in [1.165, 1.54) is 6.33 Å². The monoisotopic (exact) mass is 267 g/mol. The summed E-state index contributed by atoms with van der Waals surface area (Å²) in [5, 5.41) is 11.5. The van der Waals surface area contributed by atoms with E-state index >= 15 is 0 Å². The molecular formula is C12H17N3O4. The van der Waals surface area contributed by atoms with Crippen molar-refractivity contribution in [3.05, 3.63) is 17.7 Å². The van der Waals surface area contributed by atoms with Gasteiger partial charge in [0.05, 0.1) is 12.4 Å². The van der Waals surface area contributed by atoms with Gasteiger partial charge in [0.25, 0.3) is 5.91 Å². The van der Waals surface area contributed by atoms with Crippen LogP contribution < -0.4 is 5.32 Å². The molecule has 1 saturated heterocycles. The Kier molecular flexibility index (Phi) is 4.51. The number of carboxylic acids is 1. The molecule has 19 heavy (non-hydrogen) atoms. The van der Waals surface area contributed by atoms with Crippen LogP contribution >= 0.6 is 0 Å². The maximum Gasteiger partial charge on any atom is 0.354 e. The van der Waals surface area contributed by atoms with Gasteiger partial charge < -0.3 is 20.1 Å². The molecule has 104 valence electrons. The molecule has 0 radical (unpaired) electrons. The molecule has 1 aromatic rings. The Labute approximate surface area is 110 Å². The molecule has 1 amide bonds. The zero-order chi connectivity index (χ0) is 13.7. The largest absolute Gasteiger partial charge is 0.477 e. The minimum Gasteiger partial charge on any atom is -0.477 e. The van der Waals surface area contributed by atoms with Crippen molar-refractivity contribution < 1.29 is 19.4 Å². The third-order valence-corrected chi connectivity index (χ3v) is 3.09. The van der Waals surface area contributed by atoms with E-state index in [1.807, 2.05) is 0 Å². The molecule has 0 spiro atoms. The van der Waals surface area contributed by atoms with Crippen LogP contribution in [0.4, 0.5) is 0 Å². The maximum absolute atomic E-state index is 11.8. The average molecular weight is 267 g/mol. The van der Waals surface area contributed by atoms with Crippen LogP contribution in [0.25, 0.3) is 0 Å². The summed E-state index contributed by atoms with van der Waals surface area (Å²) in [5.74, 6) is -1.67. The van der Waals surface area contributed by atoms with Crippen molar-refractivity contribution >= 4 is 11.9 Å². The first-order chi connectivity index (χ1) is 9.18. The Morgan fingerprint density at radius 1 is 1.53 bits per heavy atom. The van der Waals surface area contributed by atoms with Crippen LogP contribution in [-0.2, 0) is 4.74 Å². The van der Waals surface area contributed by atoms with Gasteiger partial charge in [-0.05, 0) is 25.7 Å². The number of carbonyl (C=O) groups is 2. The standard InChI is InChI=1S/C12H17N3O4/c16-11(9-10(12(17)18)15-7-14-9)13-5-4-8-3-1-2-6-19-8/h7-8H,1-6H2,(H,13,16)(H,14,15)(H,17,18). The van der Waals surface area contributed by atoms with Crippen molar-refractivity contribution in [1.82, 2.24) is 15.3 Å². The fourth-order valence-corrected chi connectivity index (χ4v) is 2.09. The Balaban J connectivity index is 1.80. The van der Waals surface area contributed by atoms with Crippen LogP contribution in [0, 0.1) is 0 Å². The van der Waals surface area contributed by atoms with Crippen molar-refractivity contribution in [1.29, 1.82) is 0 Å². The third kappa shape index (κ3) is 3.54. The lowest BCUT2D eigenvalue weighted by atomic mass is 10.1. The van der Waals surface area contributed by atoms with Gasteiger partial charge in [0.2, 0.25) is 0 Å². The highest BCUT2D eigenvalue weighted by atomic mass is 16.5. The molecule has 7 nitrogen and oxygen atoms in total. The van der Waals surface area contributed by atoms with Crippen LogP contribution in [-0.4, -0.2) is 46.2 Å². The van der Waals surface area contributed by atoms with Crippen LogP contribution in [0.5, 0.6) is 0 Å². The number of hydrogen-bond acceptors (Lipinski definition) is 4. The van der Waals surface area contributed by atoms with Crippen molar-refractivity contribution in [3.63, 3.8) is 0 Å². The lowest BCUT2D eigenvalue weighted by molar-refractivity contribution is 0.0117. The topological polar surface area (TPSA) is 104 Å². The van der Waals surface area contributed by atoms with E-state index in [-0.39, 0.29) is 17.5 Å². The molecule has 2 heterocycles. The summed E-state index contributed by atoms with van der Waals surface area (Å²) >= 11 is 0. The van der Waals surface area contributed by atoms with Crippen LogP contribution in [0.3, 0.4) is 0 Å². The number of carbonyl (C=O) groups excluding carboxylic acids is 1. The maximum atomic E-state index is 11.8. The minimum absolute atomic E-state index is 0.0861. The molecule has 1 unspecified atom stereocenters. The zero-order valence-electron chi connectivity index (χ0n) is 10.5. The zero-order valence-corrected chi connectivity index (χ0v) is 10.5. The molecule has 0 bridgehead atoms. The molecule has 1 atom stereocenters. The van der Waals surface area contributed by atoms with Gasteiger partial charge in [0.1, 0.15) is 0 Å². The first-order valence-corrected chi connectivity index (χ1v) is 6.35. The molecular weight excluding hydrogens is 250 g/mol. The summed E-state index contributed by atoms with van der Waals surface area (Å²) in [4.78, 5) is 28.8. The number of aromatic nitrogens is 2. The van der Waals surface area contributed by atoms with Crippen molar-refractivity contribution in [2.75, 3.05) is 13.2 Å². The van der Waals surface area contributed by atoms with Crippen molar-refractivity contribution in [2.45, 2.75) is 31.8 Å². The highest BCUT2D eigenvalue weighted by Gasteiger charge is 2.20. The minimum atomic E-state index is -1.20. The lowest BCUT2D eigenvalue weighted by Crippen LogP contribution is -2.30. The van der Waals surface area contributed by atoms with Gasteiger partial charge in [-0.3, -0.25) is 4.79 Å². The molecule has 0 saturated carbocycles. The molecule has 1 fully saturated rings. The van der Waals surface area contributed by atoms with E-state index in [0.29, 0.717) is 6.54 Å². The molecule has 1 aromatic heterocycles. The van der Waals surface area contributed by atoms with Crippen LogP contribution in [0.2, 0.25) is 0 Å². The van der Waals surface area contributed by atoms with E-state index in [0.717, 1.165) is 32.3 Å². The van der Waals surface area contributed by atoms with Crippen LogP contribution in [0.15, 0.2) is 6.33 Å². The first-order valence-electron chi connectivity index (χ1n) is 6.35. The number of aromatic carboxylic acids is 1. The summed E-state index contributed by atoms with van der Waals surface area (Å²) < 4.78 is 5.55. The number of hydrogen-bond donors (Lipinski definition) is 3. The predicted octanol–water partition coefficient (Wildman–Crippen LogP) is 0.797. The number of aromatic amines is 1. The first kappa shape index (κ1) is 13.5. The summed E-state index contributed by atoms with van der Waals surface area (Å²) in [6.07, 6.45) is 5.38. The fraction of sp³-hybridized carbons (Fsp3) is 0.583. The second-order valence-electron chi connectivity index (χ2n) is 4.46. The SMILES string of the molecule is O=C(NCCC1CCCCO1)c1nc[nH]c1C(=O)O. The van der Waals surface area contributed by atoms with Gasteiger partial charge in [-0.2, -0.15) is 0 Å². The number of nitrogens with one attached hydrogen (secondary N) is 2. The summed E-state index contributed by atoms with van der Waals surface area (Å²) in [7, 11) is 0.